The molecule has 2 N–H and O–H groups in total. The van der Waals surface area contributed by atoms with Gasteiger partial charge in [-0.3, -0.25) is 9.59 Å². The Balaban J connectivity index is 4.15. The monoisotopic (exact) mass is 609 g/mol. The summed E-state index contributed by atoms with van der Waals surface area (Å²) in [5, 5.41) is 30.6. The smallest absolute Gasteiger partial charge is 0.311 e. The highest BCUT2D eigenvalue weighted by atomic mass is 16.4. The average molecular weight is 610 g/mol. The highest BCUT2D eigenvalue weighted by Gasteiger charge is 2.36. The molecule has 0 rings (SSSR count). The Bertz CT molecular complexity index is 697. The molecule has 0 aliphatic carbocycles. The first kappa shape index (κ1) is 41.1. The second-order valence-electron chi connectivity index (χ2n) is 13.4. The molecule has 0 bridgehead atoms. The summed E-state index contributed by atoms with van der Waals surface area (Å²) in [5.74, 6) is -5.23. The molecule has 0 saturated heterocycles. The molecule has 3 atom stereocenters. The quantitative estimate of drug-likeness (QED) is 0.0467. The molecule has 0 fully saturated rings. The fourth-order valence-electron chi connectivity index (χ4n) is 6.23. The number of quaternary nitrogens is 1. The molecular weight excluding hydrogens is 542 g/mol. The predicted octanol–water partition coefficient (Wildman–Crippen LogP) is 8.01. The first-order valence-corrected chi connectivity index (χ1v) is 17.7. The van der Waals surface area contributed by atoms with Crippen LogP contribution in [0.3, 0.4) is 0 Å². The lowest BCUT2D eigenvalue weighted by molar-refractivity contribution is -0.934. The van der Waals surface area contributed by atoms with Crippen LogP contribution in [0.15, 0.2) is 12.2 Å². The molecule has 0 spiro atoms. The van der Waals surface area contributed by atoms with Gasteiger partial charge in [0.2, 0.25) is 0 Å². The predicted molar refractivity (Wildman–Crippen MR) is 175 cm³/mol. The van der Waals surface area contributed by atoms with E-state index in [0.717, 1.165) is 25.7 Å². The van der Waals surface area contributed by atoms with Gasteiger partial charge >= 0.3 is 11.9 Å². The van der Waals surface area contributed by atoms with Crippen molar-refractivity contribution in [1.82, 2.24) is 0 Å². The topological polar surface area (TPSA) is 115 Å². The number of unbranched alkanes of at least 4 members (excludes halogenated alkanes) is 18. The Morgan fingerprint density at radius 3 is 1.23 bits per heavy atom. The molecule has 0 aliphatic rings. The Hall–Kier alpha value is -1.89. The fraction of sp³-hybridized carbons (Fsp3) is 0.861. The van der Waals surface area contributed by atoms with Crippen LogP contribution in [0, 0.1) is 17.8 Å². The van der Waals surface area contributed by atoms with E-state index < -0.39 is 35.7 Å². The molecule has 0 aromatic rings. The van der Waals surface area contributed by atoms with Gasteiger partial charge < -0.3 is 24.6 Å². The van der Waals surface area contributed by atoms with Crippen LogP contribution in [-0.2, 0) is 14.4 Å². The van der Waals surface area contributed by atoms with Gasteiger partial charge in [-0.25, -0.2) is 0 Å². The van der Waals surface area contributed by atoms with E-state index in [-0.39, 0.29) is 24.1 Å². The van der Waals surface area contributed by atoms with E-state index in [1.54, 1.807) is 20.8 Å². The summed E-state index contributed by atoms with van der Waals surface area (Å²) >= 11 is 0. The van der Waals surface area contributed by atoms with Crippen molar-refractivity contribution in [3.63, 3.8) is 0 Å². The van der Waals surface area contributed by atoms with Gasteiger partial charge in [0.1, 0.15) is 11.8 Å². The van der Waals surface area contributed by atoms with E-state index in [2.05, 4.69) is 19.1 Å². The van der Waals surface area contributed by atoms with Gasteiger partial charge in [0.15, 0.2) is 0 Å². The molecule has 7 nitrogen and oxygen atoms in total. The molecule has 0 saturated carbocycles. The van der Waals surface area contributed by atoms with Crippen LogP contribution in [0.4, 0.5) is 0 Å². The van der Waals surface area contributed by atoms with Gasteiger partial charge in [0.05, 0.1) is 26.2 Å². The van der Waals surface area contributed by atoms with E-state index in [4.69, 9.17) is 0 Å². The Morgan fingerprint density at radius 1 is 0.558 bits per heavy atom. The zero-order valence-corrected chi connectivity index (χ0v) is 28.3. The maximum Gasteiger partial charge on any atom is 0.311 e. The van der Waals surface area contributed by atoms with Crippen LogP contribution >= 0.6 is 0 Å². The molecule has 7 heteroatoms. The first-order valence-electron chi connectivity index (χ1n) is 17.7. The molecule has 0 aromatic carbocycles. The lowest BCUT2D eigenvalue weighted by atomic mass is 10.00. The van der Waals surface area contributed by atoms with Crippen LogP contribution in [0.1, 0.15) is 156 Å². The second-order valence-corrected chi connectivity index (χ2v) is 13.4. The lowest BCUT2D eigenvalue weighted by Gasteiger charge is -2.43. The molecule has 252 valence electrons. The molecule has 0 amide bonds. The SMILES string of the molecule is CCCCCCCCC/C=C/CCCCCCCCCCCCC[N+](CC(C)C(=O)[O-])(CC(C)C(=O)O)CC(C)C(=O)O. The number of rotatable bonds is 31. The largest absolute Gasteiger partial charge is 0.550 e. The van der Waals surface area contributed by atoms with Crippen molar-refractivity contribution in [2.45, 2.75) is 156 Å². The second kappa shape index (κ2) is 26.5. The van der Waals surface area contributed by atoms with Gasteiger partial charge in [-0.15, -0.1) is 0 Å². The van der Waals surface area contributed by atoms with Crippen LogP contribution in [0.25, 0.3) is 0 Å². The maximum atomic E-state index is 11.6. The number of carbonyl (C=O) groups excluding carboxylic acids is 1. The third-order valence-electron chi connectivity index (χ3n) is 8.87. The van der Waals surface area contributed by atoms with Crippen molar-refractivity contribution in [2.75, 3.05) is 26.2 Å². The van der Waals surface area contributed by atoms with E-state index in [0.29, 0.717) is 6.54 Å². The van der Waals surface area contributed by atoms with Crippen LogP contribution in [-0.4, -0.2) is 58.8 Å². The minimum Gasteiger partial charge on any atom is -0.550 e. The highest BCUT2D eigenvalue weighted by molar-refractivity contribution is 5.70. The Labute approximate surface area is 264 Å². The number of nitrogens with zero attached hydrogens (tertiary/aromatic N) is 1. The third kappa shape index (κ3) is 23.2. The third-order valence-corrected chi connectivity index (χ3v) is 8.87. The van der Waals surface area contributed by atoms with Crippen LogP contribution in [0.2, 0.25) is 0 Å². The van der Waals surface area contributed by atoms with E-state index in [9.17, 15) is 29.7 Å². The average Bonchev–Trinajstić information content (AvgIpc) is 2.95. The standard InChI is InChI=1S/C36H67NO6/c1-5-6-7-8-9-10-11-12-13-14-15-16-17-18-19-20-21-22-23-24-25-26-27-37(28-31(2)34(38)39,29-32(3)35(40)41)30-33(4)36(42)43/h13-14,31-33H,5-12,15-30H2,1-4H3,(H2-,38,39,40,41,42,43)/b14-13+. The van der Waals surface area contributed by atoms with Gasteiger partial charge in [-0.2, -0.15) is 0 Å². The number of carbonyl (C=O) groups is 3. The summed E-state index contributed by atoms with van der Waals surface area (Å²) in [4.78, 5) is 34.8. The van der Waals surface area contributed by atoms with Crippen molar-refractivity contribution in [3.05, 3.63) is 12.2 Å². The fourth-order valence-corrected chi connectivity index (χ4v) is 6.23. The lowest BCUT2D eigenvalue weighted by Crippen LogP contribution is -2.58. The summed E-state index contributed by atoms with van der Waals surface area (Å²) in [6.07, 6.45) is 29.9. The summed E-state index contributed by atoms with van der Waals surface area (Å²) in [7, 11) is 0. The van der Waals surface area contributed by atoms with E-state index >= 15 is 0 Å². The molecule has 43 heavy (non-hydrogen) atoms. The van der Waals surface area contributed by atoms with Crippen molar-refractivity contribution in [1.29, 1.82) is 0 Å². The van der Waals surface area contributed by atoms with Crippen molar-refractivity contribution >= 4 is 17.9 Å². The summed E-state index contributed by atoms with van der Waals surface area (Å²) in [5.41, 5.74) is 0. The van der Waals surface area contributed by atoms with Gasteiger partial charge in [0, 0.05) is 11.9 Å². The highest BCUT2D eigenvalue weighted by Crippen LogP contribution is 2.22. The molecule has 0 radical (unpaired) electrons. The van der Waals surface area contributed by atoms with E-state index in [1.807, 2.05) is 0 Å². The molecular formula is C36H67NO6. The normalized spacial score (nSPS) is 15.3. The summed E-state index contributed by atoms with van der Waals surface area (Å²) in [6.45, 7) is 8.27. The van der Waals surface area contributed by atoms with Crippen LogP contribution < -0.4 is 5.11 Å². The minimum absolute atomic E-state index is 0.186. The number of allylic oxidation sites excluding steroid dienone is 2. The Kier molecular flexibility index (Phi) is 25.3. The summed E-state index contributed by atoms with van der Waals surface area (Å²) < 4.78 is 0.186. The molecule has 0 heterocycles. The zero-order chi connectivity index (χ0) is 32.3. The first-order chi connectivity index (χ1) is 20.5. The number of hydrogen-bond acceptors (Lipinski definition) is 4. The number of carboxylic acid groups (broad SMARTS) is 3. The maximum absolute atomic E-state index is 11.6. The van der Waals surface area contributed by atoms with Gasteiger partial charge in [0.25, 0.3) is 0 Å². The van der Waals surface area contributed by atoms with Gasteiger partial charge in [-0.1, -0.05) is 116 Å². The van der Waals surface area contributed by atoms with Crippen molar-refractivity contribution < 1.29 is 34.2 Å². The number of carboxylic acids is 3. The molecule has 3 unspecified atom stereocenters. The van der Waals surface area contributed by atoms with Crippen molar-refractivity contribution in [3.8, 4) is 0 Å². The van der Waals surface area contributed by atoms with Crippen molar-refractivity contribution in [2.24, 2.45) is 17.8 Å². The van der Waals surface area contributed by atoms with Crippen LogP contribution in [0.5, 0.6) is 0 Å². The summed E-state index contributed by atoms with van der Waals surface area (Å²) in [6, 6.07) is 0. The molecule has 0 aliphatic heterocycles. The Morgan fingerprint density at radius 2 is 0.884 bits per heavy atom. The van der Waals surface area contributed by atoms with E-state index in [1.165, 1.54) is 103 Å². The number of aliphatic carboxylic acids is 3. The number of hydrogen-bond donors (Lipinski definition) is 2. The zero-order valence-electron chi connectivity index (χ0n) is 28.3. The molecule has 0 aromatic heterocycles. The minimum atomic E-state index is -1.18. The van der Waals surface area contributed by atoms with Gasteiger partial charge in [-0.05, 0) is 52.4 Å².